The SMILES string of the molecule is c1ccc(N(c2ccc3c(c2)sc2c4ccccc4ccc32)c2ccc3c(c2)c2ccccc2n3-c2ccccc2)cc1. The van der Waals surface area contributed by atoms with E-state index in [2.05, 4.69) is 167 Å². The third kappa shape index (κ3) is 3.79. The monoisotopic (exact) mass is 566 g/mol. The number of hydrogen-bond acceptors (Lipinski definition) is 2. The first-order valence-electron chi connectivity index (χ1n) is 14.6. The number of aromatic nitrogens is 1. The van der Waals surface area contributed by atoms with Gasteiger partial charge in [0.2, 0.25) is 0 Å². The molecular formula is C40H26N2S. The summed E-state index contributed by atoms with van der Waals surface area (Å²) in [4.78, 5) is 2.38. The van der Waals surface area contributed by atoms with Crippen LogP contribution in [0.25, 0.3) is 58.4 Å². The van der Waals surface area contributed by atoms with Gasteiger partial charge in [-0.3, -0.25) is 0 Å². The summed E-state index contributed by atoms with van der Waals surface area (Å²) >= 11 is 1.89. The molecule has 0 saturated carbocycles. The van der Waals surface area contributed by atoms with Gasteiger partial charge in [0.15, 0.2) is 0 Å². The lowest BCUT2D eigenvalue weighted by atomic mass is 10.1. The van der Waals surface area contributed by atoms with E-state index in [0.29, 0.717) is 0 Å². The Bertz CT molecular complexity index is 2450. The summed E-state index contributed by atoms with van der Waals surface area (Å²) in [5.41, 5.74) is 7.02. The summed E-state index contributed by atoms with van der Waals surface area (Å²) in [5.74, 6) is 0. The molecule has 0 atom stereocenters. The average Bonchev–Trinajstić information content (AvgIpc) is 3.61. The number of rotatable bonds is 4. The van der Waals surface area contributed by atoms with Crippen LogP contribution < -0.4 is 4.90 Å². The second-order valence-electron chi connectivity index (χ2n) is 11.0. The van der Waals surface area contributed by atoms with Crippen LogP contribution in [0, 0.1) is 0 Å². The highest BCUT2D eigenvalue weighted by molar-refractivity contribution is 7.26. The van der Waals surface area contributed by atoms with Gasteiger partial charge in [0.05, 0.1) is 11.0 Å². The van der Waals surface area contributed by atoms with Crippen molar-refractivity contribution in [1.82, 2.24) is 4.57 Å². The largest absolute Gasteiger partial charge is 0.310 e. The molecule has 0 amide bonds. The van der Waals surface area contributed by atoms with E-state index >= 15 is 0 Å². The predicted molar refractivity (Wildman–Crippen MR) is 186 cm³/mol. The van der Waals surface area contributed by atoms with Crippen molar-refractivity contribution in [2.75, 3.05) is 4.90 Å². The van der Waals surface area contributed by atoms with Crippen LogP contribution in [0.5, 0.6) is 0 Å². The summed E-state index contributed by atoms with van der Waals surface area (Å²) in [6.45, 7) is 0. The molecule has 0 fully saturated rings. The molecule has 0 aliphatic rings. The summed E-state index contributed by atoms with van der Waals surface area (Å²) in [6.07, 6.45) is 0. The molecule has 7 aromatic carbocycles. The van der Waals surface area contributed by atoms with E-state index in [9.17, 15) is 0 Å². The Labute approximate surface area is 253 Å². The van der Waals surface area contributed by atoms with Crippen LogP contribution in [0.4, 0.5) is 17.1 Å². The van der Waals surface area contributed by atoms with Crippen LogP contribution in [0.1, 0.15) is 0 Å². The van der Waals surface area contributed by atoms with Crippen LogP contribution in [0.2, 0.25) is 0 Å². The van der Waals surface area contributed by atoms with Gasteiger partial charge in [-0.05, 0) is 71.4 Å². The van der Waals surface area contributed by atoms with Crippen LogP contribution in [-0.4, -0.2) is 4.57 Å². The second-order valence-corrected chi connectivity index (χ2v) is 12.1. The molecule has 0 unspecified atom stereocenters. The van der Waals surface area contributed by atoms with Crippen molar-refractivity contribution in [2.24, 2.45) is 0 Å². The Morgan fingerprint density at radius 3 is 1.93 bits per heavy atom. The maximum absolute atomic E-state index is 2.38. The molecule has 202 valence electrons. The molecule has 0 aliphatic carbocycles. The fraction of sp³-hybridized carbons (Fsp3) is 0. The predicted octanol–water partition coefficient (Wildman–Crippen LogP) is 11.8. The van der Waals surface area contributed by atoms with Gasteiger partial charge in [0.1, 0.15) is 0 Å². The zero-order valence-electron chi connectivity index (χ0n) is 23.3. The summed E-state index contributed by atoms with van der Waals surface area (Å²) in [7, 11) is 0. The van der Waals surface area contributed by atoms with Crippen molar-refractivity contribution in [3.8, 4) is 5.69 Å². The molecule has 0 N–H and O–H groups in total. The molecule has 3 heteroatoms. The molecule has 9 rings (SSSR count). The van der Waals surface area contributed by atoms with E-state index in [1.54, 1.807) is 0 Å². The summed E-state index contributed by atoms with van der Waals surface area (Å²) in [5, 5.41) is 7.74. The highest BCUT2D eigenvalue weighted by atomic mass is 32.1. The lowest BCUT2D eigenvalue weighted by Gasteiger charge is -2.25. The van der Waals surface area contributed by atoms with Crippen LogP contribution >= 0.6 is 11.3 Å². The number of fused-ring (bicyclic) bond motifs is 8. The van der Waals surface area contributed by atoms with Crippen LogP contribution in [0.3, 0.4) is 0 Å². The first-order valence-corrected chi connectivity index (χ1v) is 15.4. The lowest BCUT2D eigenvalue weighted by Crippen LogP contribution is -2.09. The van der Waals surface area contributed by atoms with Crippen molar-refractivity contribution in [3.05, 3.63) is 158 Å². The standard InChI is InChI=1S/C40H26N2S/c1-3-12-28(13-4-1)41(31-20-23-34-35-22-19-27-11-7-8-16-32(27)40(35)43-39(34)26-31)30-21-24-38-36(25-30)33-17-9-10-18-37(33)42(38)29-14-5-2-6-15-29/h1-26H. The molecule has 0 radical (unpaired) electrons. The molecule has 2 heterocycles. The molecular weight excluding hydrogens is 541 g/mol. The Morgan fingerprint density at radius 2 is 1.07 bits per heavy atom. The molecule has 0 spiro atoms. The van der Waals surface area contributed by atoms with Crippen molar-refractivity contribution in [1.29, 1.82) is 0 Å². The molecule has 0 saturated heterocycles. The van der Waals surface area contributed by atoms with Crippen LogP contribution in [-0.2, 0) is 0 Å². The van der Waals surface area contributed by atoms with Gasteiger partial charge in [-0.15, -0.1) is 11.3 Å². The van der Waals surface area contributed by atoms with Crippen molar-refractivity contribution in [2.45, 2.75) is 0 Å². The number of para-hydroxylation sites is 3. The number of anilines is 3. The maximum atomic E-state index is 2.38. The van der Waals surface area contributed by atoms with Crippen molar-refractivity contribution in [3.63, 3.8) is 0 Å². The molecule has 2 nitrogen and oxygen atoms in total. The minimum absolute atomic E-state index is 1.14. The van der Waals surface area contributed by atoms with E-state index in [1.807, 2.05) is 11.3 Å². The van der Waals surface area contributed by atoms with Gasteiger partial charge in [0, 0.05) is 53.7 Å². The molecule has 0 aliphatic heterocycles. The Morgan fingerprint density at radius 1 is 0.419 bits per heavy atom. The van der Waals surface area contributed by atoms with Gasteiger partial charge in [-0.25, -0.2) is 0 Å². The number of hydrogen-bond donors (Lipinski definition) is 0. The van der Waals surface area contributed by atoms with E-state index in [-0.39, 0.29) is 0 Å². The van der Waals surface area contributed by atoms with Gasteiger partial charge in [-0.2, -0.15) is 0 Å². The lowest BCUT2D eigenvalue weighted by molar-refractivity contribution is 1.18. The van der Waals surface area contributed by atoms with Gasteiger partial charge in [0.25, 0.3) is 0 Å². The Kier molecular flexibility index (Phi) is 5.40. The number of nitrogens with zero attached hydrogens (tertiary/aromatic N) is 2. The molecule has 2 aromatic heterocycles. The molecule has 0 bridgehead atoms. The quantitative estimate of drug-likeness (QED) is 0.206. The molecule has 9 aromatic rings. The highest BCUT2D eigenvalue weighted by Crippen LogP contribution is 2.43. The first-order chi connectivity index (χ1) is 21.3. The average molecular weight is 567 g/mol. The Hall–Kier alpha value is -5.38. The van der Waals surface area contributed by atoms with E-state index in [1.165, 1.54) is 58.4 Å². The van der Waals surface area contributed by atoms with Crippen molar-refractivity contribution < 1.29 is 0 Å². The van der Waals surface area contributed by atoms with E-state index in [4.69, 9.17) is 0 Å². The van der Waals surface area contributed by atoms with E-state index in [0.717, 1.165) is 17.1 Å². The molecule has 43 heavy (non-hydrogen) atoms. The van der Waals surface area contributed by atoms with Gasteiger partial charge in [-0.1, -0.05) is 97.1 Å². The second kappa shape index (κ2) is 9.59. The highest BCUT2D eigenvalue weighted by Gasteiger charge is 2.18. The third-order valence-corrected chi connectivity index (χ3v) is 9.75. The van der Waals surface area contributed by atoms with Crippen LogP contribution in [0.15, 0.2) is 158 Å². The number of benzene rings is 7. The topological polar surface area (TPSA) is 8.17 Å². The minimum Gasteiger partial charge on any atom is -0.310 e. The fourth-order valence-electron chi connectivity index (χ4n) is 6.61. The maximum Gasteiger partial charge on any atom is 0.0542 e. The zero-order valence-corrected chi connectivity index (χ0v) is 24.1. The first kappa shape index (κ1) is 24.2. The van der Waals surface area contributed by atoms with Gasteiger partial charge >= 0.3 is 0 Å². The van der Waals surface area contributed by atoms with E-state index < -0.39 is 0 Å². The normalized spacial score (nSPS) is 11.7. The third-order valence-electron chi connectivity index (χ3n) is 8.55. The smallest absolute Gasteiger partial charge is 0.0542 e. The number of thiophene rings is 1. The summed E-state index contributed by atoms with van der Waals surface area (Å²) in [6, 6.07) is 57.1. The fourth-order valence-corrected chi connectivity index (χ4v) is 7.88. The van der Waals surface area contributed by atoms with Gasteiger partial charge < -0.3 is 9.47 Å². The minimum atomic E-state index is 1.14. The summed E-state index contributed by atoms with van der Waals surface area (Å²) < 4.78 is 5.02. The van der Waals surface area contributed by atoms with Crippen molar-refractivity contribution >= 4 is 81.1 Å². The Balaban J connectivity index is 1.27. The zero-order chi connectivity index (χ0) is 28.3.